The molecule has 1 aliphatic rings. The van der Waals surface area contributed by atoms with Crippen molar-refractivity contribution in [3.05, 3.63) is 54.4 Å². The van der Waals surface area contributed by atoms with Gasteiger partial charge >= 0.3 is 0 Å². The summed E-state index contributed by atoms with van der Waals surface area (Å²) in [4.78, 5) is 18.7. The van der Waals surface area contributed by atoms with E-state index < -0.39 is 0 Å². The fourth-order valence-corrected chi connectivity index (χ4v) is 3.02. The molecule has 1 aromatic carbocycles. The van der Waals surface area contributed by atoms with Crippen LogP contribution in [-0.4, -0.2) is 40.1 Å². The fourth-order valence-electron chi connectivity index (χ4n) is 3.02. The van der Waals surface area contributed by atoms with Gasteiger partial charge in [-0.15, -0.1) is 0 Å². The molecule has 2 unspecified atom stereocenters. The molecule has 2 heterocycles. The third kappa shape index (κ3) is 3.74. The van der Waals surface area contributed by atoms with E-state index in [1.807, 2.05) is 17.0 Å². The van der Waals surface area contributed by atoms with Gasteiger partial charge in [-0.3, -0.25) is 9.78 Å². The van der Waals surface area contributed by atoms with Gasteiger partial charge in [0, 0.05) is 37.2 Å². The highest BCUT2D eigenvalue weighted by Crippen LogP contribution is 2.26. The Morgan fingerprint density at radius 3 is 2.79 bits per heavy atom. The summed E-state index contributed by atoms with van der Waals surface area (Å²) in [5, 5.41) is 9.39. The number of hydrogen-bond donors (Lipinski definition) is 1. The monoisotopic (exact) mass is 326 g/mol. The molecular weight excluding hydrogens is 304 g/mol. The topological polar surface area (TPSA) is 62.7 Å². The number of piperidine rings is 1. The van der Waals surface area contributed by atoms with Crippen LogP contribution in [0, 0.1) is 5.92 Å². The summed E-state index contributed by atoms with van der Waals surface area (Å²) in [7, 11) is 0. The molecule has 0 spiro atoms. The van der Waals surface area contributed by atoms with Crippen LogP contribution in [0.4, 0.5) is 0 Å². The molecule has 0 bridgehead atoms. The molecule has 1 N–H and O–H groups in total. The Hall–Kier alpha value is -2.40. The van der Waals surface area contributed by atoms with Crippen LogP contribution in [0.3, 0.4) is 0 Å². The number of amides is 1. The van der Waals surface area contributed by atoms with Gasteiger partial charge in [0.25, 0.3) is 5.91 Å². The van der Waals surface area contributed by atoms with Gasteiger partial charge in [0.2, 0.25) is 0 Å². The quantitative estimate of drug-likeness (QED) is 0.938. The van der Waals surface area contributed by atoms with Gasteiger partial charge in [-0.05, 0) is 56.0 Å². The minimum absolute atomic E-state index is 0.0131. The first kappa shape index (κ1) is 16.5. The molecule has 2 atom stereocenters. The lowest BCUT2D eigenvalue weighted by Crippen LogP contribution is -2.46. The number of aliphatic hydroxyl groups is 1. The third-order valence-electron chi connectivity index (χ3n) is 4.47. The van der Waals surface area contributed by atoms with Crippen molar-refractivity contribution in [1.82, 2.24) is 9.88 Å². The number of benzene rings is 1. The van der Waals surface area contributed by atoms with Crippen molar-refractivity contribution in [2.24, 2.45) is 5.92 Å². The minimum atomic E-state index is -0.0131. The zero-order chi connectivity index (χ0) is 16.9. The molecule has 0 radical (unpaired) electrons. The van der Waals surface area contributed by atoms with Gasteiger partial charge in [0.1, 0.15) is 11.5 Å². The minimum Gasteiger partial charge on any atom is -0.457 e. The van der Waals surface area contributed by atoms with Gasteiger partial charge in [0.15, 0.2) is 0 Å². The Morgan fingerprint density at radius 2 is 2.04 bits per heavy atom. The smallest absolute Gasteiger partial charge is 0.254 e. The predicted octanol–water partition coefficient (Wildman–Crippen LogP) is 3.11. The van der Waals surface area contributed by atoms with Gasteiger partial charge in [-0.2, -0.15) is 0 Å². The van der Waals surface area contributed by atoms with E-state index in [9.17, 15) is 9.90 Å². The van der Waals surface area contributed by atoms with Crippen LogP contribution < -0.4 is 4.74 Å². The van der Waals surface area contributed by atoms with E-state index >= 15 is 0 Å². The molecule has 0 saturated carbocycles. The highest BCUT2D eigenvalue weighted by atomic mass is 16.5. The first-order valence-electron chi connectivity index (χ1n) is 8.27. The van der Waals surface area contributed by atoms with Crippen molar-refractivity contribution in [3.8, 4) is 11.5 Å². The summed E-state index contributed by atoms with van der Waals surface area (Å²) in [6.45, 7) is 2.79. The molecule has 1 amide bonds. The maximum absolute atomic E-state index is 12.9. The van der Waals surface area contributed by atoms with Gasteiger partial charge in [0.05, 0.1) is 0 Å². The van der Waals surface area contributed by atoms with Crippen LogP contribution in [0.2, 0.25) is 0 Å². The molecule has 1 aliphatic heterocycles. The second-order valence-corrected chi connectivity index (χ2v) is 6.25. The molecule has 5 nitrogen and oxygen atoms in total. The summed E-state index contributed by atoms with van der Waals surface area (Å²) in [5.41, 5.74) is 0.604. The van der Waals surface area contributed by atoms with Crippen LogP contribution in [0.15, 0.2) is 48.8 Å². The highest BCUT2D eigenvalue weighted by molar-refractivity contribution is 5.94. The summed E-state index contributed by atoms with van der Waals surface area (Å²) in [6.07, 6.45) is 5.21. The Balaban J connectivity index is 1.76. The van der Waals surface area contributed by atoms with Gasteiger partial charge < -0.3 is 14.7 Å². The summed E-state index contributed by atoms with van der Waals surface area (Å²) < 4.78 is 5.77. The standard InChI is InChI=1S/C19H22N2O3/c1-14-5-6-15(13-22)12-21(14)19(23)16-3-2-4-18(11-16)24-17-7-9-20-10-8-17/h2-4,7-11,14-15,22H,5-6,12-13H2,1H3. The Bertz CT molecular complexity index is 690. The Kier molecular flexibility index (Phi) is 5.11. The number of carbonyl (C=O) groups is 1. The van der Waals surface area contributed by atoms with Crippen molar-refractivity contribution in [1.29, 1.82) is 0 Å². The molecule has 1 aromatic heterocycles. The van der Waals surface area contributed by atoms with Crippen LogP contribution in [0.1, 0.15) is 30.1 Å². The lowest BCUT2D eigenvalue weighted by molar-refractivity contribution is 0.0488. The molecule has 126 valence electrons. The van der Waals surface area contributed by atoms with Crippen LogP contribution in [0.5, 0.6) is 11.5 Å². The lowest BCUT2D eigenvalue weighted by atomic mass is 9.93. The maximum Gasteiger partial charge on any atom is 0.254 e. The average Bonchev–Trinajstić information content (AvgIpc) is 2.63. The van der Waals surface area contributed by atoms with E-state index in [1.165, 1.54) is 0 Å². The van der Waals surface area contributed by atoms with E-state index in [1.54, 1.807) is 36.7 Å². The summed E-state index contributed by atoms with van der Waals surface area (Å²) in [5.74, 6) is 1.46. The molecule has 2 aromatic rings. The average molecular weight is 326 g/mol. The molecule has 3 rings (SSSR count). The highest BCUT2D eigenvalue weighted by Gasteiger charge is 2.29. The molecule has 1 saturated heterocycles. The van der Waals surface area contributed by atoms with Crippen LogP contribution in [0.25, 0.3) is 0 Å². The van der Waals surface area contributed by atoms with E-state index in [0.29, 0.717) is 23.6 Å². The maximum atomic E-state index is 12.9. The zero-order valence-corrected chi connectivity index (χ0v) is 13.8. The molecular formula is C19H22N2O3. The second kappa shape index (κ2) is 7.45. The Morgan fingerprint density at radius 1 is 1.25 bits per heavy atom. The first-order chi connectivity index (χ1) is 11.7. The third-order valence-corrected chi connectivity index (χ3v) is 4.47. The molecule has 0 aliphatic carbocycles. The number of aromatic nitrogens is 1. The molecule has 24 heavy (non-hydrogen) atoms. The van der Waals surface area contributed by atoms with Gasteiger partial charge in [-0.1, -0.05) is 6.07 Å². The SMILES string of the molecule is CC1CCC(CO)CN1C(=O)c1cccc(Oc2ccncc2)c1. The number of pyridine rings is 1. The van der Waals surface area contributed by atoms with E-state index in [2.05, 4.69) is 11.9 Å². The number of nitrogens with zero attached hydrogens (tertiary/aromatic N) is 2. The van der Waals surface area contributed by atoms with Crippen LogP contribution >= 0.6 is 0 Å². The van der Waals surface area contributed by atoms with Crippen molar-refractivity contribution < 1.29 is 14.6 Å². The Labute approximate surface area is 141 Å². The van der Waals surface area contributed by atoms with Crippen molar-refractivity contribution in [3.63, 3.8) is 0 Å². The van der Waals surface area contributed by atoms with E-state index in [4.69, 9.17) is 4.74 Å². The van der Waals surface area contributed by atoms with Crippen molar-refractivity contribution in [2.45, 2.75) is 25.8 Å². The molecule has 1 fully saturated rings. The first-order valence-corrected chi connectivity index (χ1v) is 8.27. The number of rotatable bonds is 4. The largest absolute Gasteiger partial charge is 0.457 e. The zero-order valence-electron chi connectivity index (χ0n) is 13.8. The lowest BCUT2D eigenvalue weighted by Gasteiger charge is -2.37. The van der Waals surface area contributed by atoms with Crippen molar-refractivity contribution >= 4 is 5.91 Å². The second-order valence-electron chi connectivity index (χ2n) is 6.25. The summed E-state index contributed by atoms with van der Waals surface area (Å²) >= 11 is 0. The van der Waals surface area contributed by atoms with Crippen molar-refractivity contribution in [2.75, 3.05) is 13.2 Å². The normalized spacial score (nSPS) is 20.7. The fraction of sp³-hybridized carbons (Fsp3) is 0.368. The number of aliphatic hydroxyl groups excluding tert-OH is 1. The van der Waals surface area contributed by atoms with Crippen LogP contribution in [-0.2, 0) is 0 Å². The number of ether oxygens (including phenoxy) is 1. The number of hydrogen-bond acceptors (Lipinski definition) is 4. The number of likely N-dealkylation sites (tertiary alicyclic amines) is 1. The van der Waals surface area contributed by atoms with E-state index in [-0.39, 0.29) is 24.5 Å². The van der Waals surface area contributed by atoms with Gasteiger partial charge in [-0.25, -0.2) is 0 Å². The summed E-state index contributed by atoms with van der Waals surface area (Å²) in [6, 6.07) is 10.9. The number of carbonyl (C=O) groups excluding carboxylic acids is 1. The van der Waals surface area contributed by atoms with E-state index in [0.717, 1.165) is 12.8 Å². The molecule has 5 heteroatoms. The predicted molar refractivity (Wildman–Crippen MR) is 91.1 cm³/mol.